The molecule has 0 saturated carbocycles. The molecule has 0 spiro atoms. The summed E-state index contributed by atoms with van der Waals surface area (Å²) in [5, 5.41) is 0. The van der Waals surface area contributed by atoms with Gasteiger partial charge < -0.3 is 0 Å². The molecule has 0 amide bonds. The van der Waals surface area contributed by atoms with Crippen LogP contribution in [0.4, 0.5) is 0 Å². The van der Waals surface area contributed by atoms with Gasteiger partial charge in [-0.2, -0.15) is 0 Å². The molecule has 0 aromatic heterocycles. The van der Waals surface area contributed by atoms with Gasteiger partial charge in [0.2, 0.25) is 0 Å². The fourth-order valence-electron chi connectivity index (χ4n) is 2.57. The molecule has 4 nitrogen and oxygen atoms in total. The molecular weight excluding hydrogens is 431 g/mol. The standard InChI is InChI=1S/C6H10O4S.2C6H5.Sn/c7-5(8)1-3-11-4-2-6(9)10;2*1-2-4-6-5-3-1;/h1-4H2,(H,7,8)(H,9,10);2*1-5H;/q;;;+2/p-2. The van der Waals surface area contributed by atoms with Crippen molar-refractivity contribution < 1.29 is 15.7 Å². The minimum atomic E-state index is -4.36. The van der Waals surface area contributed by atoms with Crippen molar-refractivity contribution in [2.24, 2.45) is 0 Å². The fraction of sp³-hybridized carbons (Fsp3) is 0.222. The molecule has 124 valence electrons. The van der Waals surface area contributed by atoms with E-state index in [1.54, 1.807) is 11.8 Å². The van der Waals surface area contributed by atoms with Gasteiger partial charge in [0.15, 0.2) is 0 Å². The van der Waals surface area contributed by atoms with Gasteiger partial charge in [-0.15, -0.1) is 0 Å². The number of rotatable bonds is 2. The first-order chi connectivity index (χ1) is 11.7. The van der Waals surface area contributed by atoms with Crippen molar-refractivity contribution in [3.05, 3.63) is 60.7 Å². The third kappa shape index (κ3) is 3.95. The Labute approximate surface area is 150 Å². The summed E-state index contributed by atoms with van der Waals surface area (Å²) in [6, 6.07) is 18.9. The van der Waals surface area contributed by atoms with Crippen LogP contribution in [0.5, 0.6) is 0 Å². The van der Waals surface area contributed by atoms with Gasteiger partial charge in [-0.3, -0.25) is 0 Å². The summed E-state index contributed by atoms with van der Waals surface area (Å²) in [4.78, 5) is 24.8. The molecule has 1 heterocycles. The molecular formula is C18H18O4SSn. The Morgan fingerprint density at radius 2 is 1.12 bits per heavy atom. The van der Waals surface area contributed by atoms with Crippen LogP contribution in [0.15, 0.2) is 60.7 Å². The van der Waals surface area contributed by atoms with E-state index in [9.17, 15) is 9.59 Å². The fourth-order valence-corrected chi connectivity index (χ4v) is 11.8. The molecule has 6 heteroatoms. The Hall–Kier alpha value is -1.47. The van der Waals surface area contributed by atoms with Crippen LogP contribution in [0, 0.1) is 0 Å². The molecule has 0 N–H and O–H groups in total. The van der Waals surface area contributed by atoms with Gasteiger partial charge in [-0.1, -0.05) is 0 Å². The molecule has 0 aliphatic carbocycles. The number of carbonyl (C=O) groups is 2. The first-order valence-electron chi connectivity index (χ1n) is 7.83. The number of hydrogen-bond acceptors (Lipinski definition) is 5. The second-order valence-corrected chi connectivity index (χ2v) is 14.6. The van der Waals surface area contributed by atoms with E-state index in [-0.39, 0.29) is 11.9 Å². The number of hydrogen-bond donors (Lipinski definition) is 0. The second-order valence-electron chi connectivity index (χ2n) is 5.41. The predicted octanol–water partition coefficient (Wildman–Crippen LogP) is 1.86. The van der Waals surface area contributed by atoms with E-state index in [0.29, 0.717) is 24.3 Å². The van der Waals surface area contributed by atoms with Crippen molar-refractivity contribution >= 4 is 50.1 Å². The third-order valence-electron chi connectivity index (χ3n) is 3.72. The van der Waals surface area contributed by atoms with Crippen LogP contribution in [-0.2, 0) is 15.7 Å². The topological polar surface area (TPSA) is 52.6 Å². The van der Waals surface area contributed by atoms with Gasteiger partial charge in [-0.05, 0) is 0 Å². The second kappa shape index (κ2) is 8.07. The Bertz CT molecular complexity index is 644. The van der Waals surface area contributed by atoms with Gasteiger partial charge in [0.25, 0.3) is 0 Å². The summed E-state index contributed by atoms with van der Waals surface area (Å²) in [5.41, 5.74) is 0. The van der Waals surface area contributed by atoms with Gasteiger partial charge >= 0.3 is 151 Å². The molecule has 1 saturated heterocycles. The molecule has 3 rings (SSSR count). The van der Waals surface area contributed by atoms with Crippen molar-refractivity contribution in [1.29, 1.82) is 0 Å². The van der Waals surface area contributed by atoms with E-state index < -0.39 is 19.2 Å². The SMILES string of the molecule is O=C1CCSCCC(=O)[O][Sn]([c]2ccccc2)([c]2ccccc2)[O]1. The zero-order valence-electron chi connectivity index (χ0n) is 13.1. The molecule has 0 radical (unpaired) electrons. The number of carbonyl (C=O) groups excluding carboxylic acids is 2. The third-order valence-corrected chi connectivity index (χ3v) is 13.9. The quantitative estimate of drug-likeness (QED) is 0.656. The van der Waals surface area contributed by atoms with Crippen LogP contribution >= 0.6 is 11.8 Å². The van der Waals surface area contributed by atoms with Crippen LogP contribution in [-0.4, -0.2) is 42.6 Å². The van der Waals surface area contributed by atoms with Crippen molar-refractivity contribution in [2.75, 3.05) is 11.5 Å². The van der Waals surface area contributed by atoms with Crippen LogP contribution in [0.25, 0.3) is 0 Å². The summed E-state index contributed by atoms with van der Waals surface area (Å²) in [7, 11) is 0. The van der Waals surface area contributed by atoms with Crippen molar-refractivity contribution in [3.63, 3.8) is 0 Å². The first kappa shape index (κ1) is 17.4. The summed E-state index contributed by atoms with van der Waals surface area (Å²) >= 11 is -2.79. The molecule has 1 aliphatic heterocycles. The maximum absolute atomic E-state index is 12.4. The first-order valence-corrected chi connectivity index (χ1v) is 14.2. The number of benzene rings is 2. The zero-order chi connectivity index (χ0) is 16.8. The van der Waals surface area contributed by atoms with Crippen molar-refractivity contribution in [2.45, 2.75) is 12.8 Å². The van der Waals surface area contributed by atoms with Crippen LogP contribution in [0.2, 0.25) is 0 Å². The molecule has 1 aliphatic rings. The van der Waals surface area contributed by atoms with E-state index in [4.69, 9.17) is 6.15 Å². The molecule has 0 atom stereocenters. The minimum absolute atomic E-state index is 0.291. The molecule has 2 aromatic carbocycles. The monoisotopic (exact) mass is 450 g/mol. The molecule has 24 heavy (non-hydrogen) atoms. The Morgan fingerprint density at radius 3 is 1.54 bits per heavy atom. The Balaban J connectivity index is 2.12. The van der Waals surface area contributed by atoms with Crippen LogP contribution < -0.4 is 7.16 Å². The average molecular weight is 449 g/mol. The van der Waals surface area contributed by atoms with E-state index in [2.05, 4.69) is 0 Å². The Morgan fingerprint density at radius 1 is 0.708 bits per heavy atom. The Kier molecular flexibility index (Phi) is 5.84. The molecule has 1 fully saturated rings. The van der Waals surface area contributed by atoms with Crippen molar-refractivity contribution in [1.82, 2.24) is 0 Å². The molecule has 0 unspecified atom stereocenters. The average Bonchev–Trinajstić information content (AvgIpc) is 2.62. The maximum atomic E-state index is 12.4. The number of thioether (sulfide) groups is 1. The summed E-state index contributed by atoms with van der Waals surface area (Å²) in [6.45, 7) is 0. The van der Waals surface area contributed by atoms with Crippen molar-refractivity contribution in [3.8, 4) is 0 Å². The van der Waals surface area contributed by atoms with Gasteiger partial charge in [0.05, 0.1) is 0 Å². The summed E-state index contributed by atoms with van der Waals surface area (Å²) in [5.74, 6) is 0.747. The summed E-state index contributed by atoms with van der Waals surface area (Å²) in [6.07, 6.45) is 0.668. The molecule has 2 aromatic rings. The van der Waals surface area contributed by atoms with Gasteiger partial charge in [0, 0.05) is 0 Å². The normalized spacial score (nSPS) is 18.3. The van der Waals surface area contributed by atoms with E-state index >= 15 is 0 Å². The van der Waals surface area contributed by atoms with E-state index in [0.717, 1.165) is 7.16 Å². The van der Waals surface area contributed by atoms with Gasteiger partial charge in [-0.25, -0.2) is 0 Å². The predicted molar refractivity (Wildman–Crippen MR) is 96.6 cm³/mol. The van der Waals surface area contributed by atoms with E-state index in [1.165, 1.54) is 0 Å². The zero-order valence-corrected chi connectivity index (χ0v) is 16.8. The van der Waals surface area contributed by atoms with Crippen LogP contribution in [0.1, 0.15) is 12.8 Å². The summed E-state index contributed by atoms with van der Waals surface area (Å²) < 4.78 is 13.6. The van der Waals surface area contributed by atoms with Crippen LogP contribution in [0.3, 0.4) is 0 Å². The van der Waals surface area contributed by atoms with E-state index in [1.807, 2.05) is 60.7 Å². The van der Waals surface area contributed by atoms with Gasteiger partial charge in [0.1, 0.15) is 0 Å². The molecule has 0 bridgehead atoms.